The molecule has 68 valence electrons. The topological polar surface area (TPSA) is 49.7 Å². The molecule has 1 aromatic rings. The molecule has 3 nitrogen and oxygen atoms in total. The van der Waals surface area contributed by atoms with Crippen molar-refractivity contribution >= 4 is 11.3 Å². The van der Waals surface area contributed by atoms with E-state index in [1.165, 1.54) is 0 Å². The summed E-state index contributed by atoms with van der Waals surface area (Å²) in [6.07, 6.45) is -0.788. The Morgan fingerprint density at radius 1 is 1.67 bits per heavy atom. The Labute approximate surface area is 75.2 Å². The lowest BCUT2D eigenvalue weighted by Gasteiger charge is -2.08. The molecule has 1 aromatic heterocycles. The van der Waals surface area contributed by atoms with Crippen molar-refractivity contribution in [2.45, 2.75) is 13.0 Å². The van der Waals surface area contributed by atoms with Crippen LogP contribution in [0.2, 0.25) is 0 Å². The van der Waals surface area contributed by atoms with Crippen LogP contribution < -0.4 is 4.74 Å². The van der Waals surface area contributed by atoms with Crippen LogP contribution in [0.25, 0.3) is 0 Å². The lowest BCUT2D eigenvalue weighted by Crippen LogP contribution is -2.21. The van der Waals surface area contributed by atoms with Gasteiger partial charge in [0.25, 0.3) is 0 Å². The van der Waals surface area contributed by atoms with Crippen LogP contribution >= 0.6 is 11.3 Å². The highest BCUT2D eigenvalue weighted by Gasteiger charge is 2.04. The van der Waals surface area contributed by atoms with Crippen LogP contribution in [-0.4, -0.2) is 29.5 Å². The molecule has 1 atom stereocenters. The Morgan fingerprint density at radius 2 is 2.42 bits per heavy atom. The number of aryl methyl sites for hydroxylation is 1. The molecular formula is C8H12O3S. The number of ether oxygens (including phenoxy) is 1. The van der Waals surface area contributed by atoms with E-state index in [0.717, 1.165) is 10.6 Å². The third kappa shape index (κ3) is 2.48. The molecule has 1 unspecified atom stereocenters. The number of rotatable bonds is 4. The quantitative estimate of drug-likeness (QED) is 0.734. The van der Waals surface area contributed by atoms with Gasteiger partial charge in [-0.15, -0.1) is 11.3 Å². The Kier molecular flexibility index (Phi) is 3.52. The first-order valence-corrected chi connectivity index (χ1v) is 4.58. The number of aliphatic hydroxyl groups excluding tert-OH is 2. The lowest BCUT2D eigenvalue weighted by atomic mass is 10.4. The Balaban J connectivity index is 2.38. The average molecular weight is 188 g/mol. The summed E-state index contributed by atoms with van der Waals surface area (Å²) in [5.74, 6) is 0.785. The van der Waals surface area contributed by atoms with Crippen molar-refractivity contribution in [2.75, 3.05) is 13.2 Å². The van der Waals surface area contributed by atoms with Crippen LogP contribution in [0.5, 0.6) is 5.75 Å². The average Bonchev–Trinajstić information content (AvgIpc) is 2.47. The molecular weight excluding hydrogens is 176 g/mol. The van der Waals surface area contributed by atoms with Crippen molar-refractivity contribution in [3.63, 3.8) is 0 Å². The molecule has 0 amide bonds. The summed E-state index contributed by atoms with van der Waals surface area (Å²) in [5.41, 5.74) is 0. The van der Waals surface area contributed by atoms with Gasteiger partial charge in [0.05, 0.1) is 6.61 Å². The molecule has 0 saturated carbocycles. The van der Waals surface area contributed by atoms with E-state index in [1.807, 2.05) is 18.4 Å². The fourth-order valence-electron chi connectivity index (χ4n) is 0.762. The summed E-state index contributed by atoms with van der Waals surface area (Å²) < 4.78 is 5.23. The molecule has 0 aromatic carbocycles. The molecule has 0 aliphatic carbocycles. The smallest absolute Gasteiger partial charge is 0.133 e. The first-order chi connectivity index (χ1) is 5.74. The second kappa shape index (κ2) is 4.45. The zero-order valence-electron chi connectivity index (χ0n) is 6.86. The van der Waals surface area contributed by atoms with Crippen molar-refractivity contribution in [1.82, 2.24) is 0 Å². The third-order valence-corrected chi connectivity index (χ3v) is 2.28. The van der Waals surface area contributed by atoms with Gasteiger partial charge in [-0.2, -0.15) is 0 Å². The summed E-state index contributed by atoms with van der Waals surface area (Å²) in [7, 11) is 0. The minimum Gasteiger partial charge on any atom is -0.490 e. The van der Waals surface area contributed by atoms with Gasteiger partial charge in [0, 0.05) is 4.88 Å². The molecule has 2 N–H and O–H groups in total. The largest absolute Gasteiger partial charge is 0.490 e. The molecule has 0 spiro atoms. The molecule has 4 heteroatoms. The van der Waals surface area contributed by atoms with E-state index in [2.05, 4.69) is 0 Å². The Bertz CT molecular complexity index is 234. The fraction of sp³-hybridized carbons (Fsp3) is 0.500. The van der Waals surface area contributed by atoms with E-state index in [-0.39, 0.29) is 13.2 Å². The molecule has 12 heavy (non-hydrogen) atoms. The second-order valence-corrected chi connectivity index (χ2v) is 3.61. The monoisotopic (exact) mass is 188 g/mol. The minimum atomic E-state index is -0.788. The molecule has 0 bridgehead atoms. The standard InChI is InChI=1S/C8H12O3S/c1-6-8(2-3-12-6)11-5-7(10)4-9/h2-3,7,9-10H,4-5H2,1H3. The van der Waals surface area contributed by atoms with E-state index in [1.54, 1.807) is 11.3 Å². The normalized spacial score (nSPS) is 12.9. The molecule has 0 radical (unpaired) electrons. The highest BCUT2D eigenvalue weighted by atomic mass is 32.1. The van der Waals surface area contributed by atoms with Crippen LogP contribution in [0.1, 0.15) is 4.88 Å². The number of hydrogen-bond acceptors (Lipinski definition) is 4. The summed E-state index contributed by atoms with van der Waals surface area (Å²) >= 11 is 1.59. The SMILES string of the molecule is Cc1sccc1OCC(O)CO. The van der Waals surface area contributed by atoms with Gasteiger partial charge in [0.1, 0.15) is 18.5 Å². The van der Waals surface area contributed by atoms with Gasteiger partial charge < -0.3 is 14.9 Å². The summed E-state index contributed by atoms with van der Waals surface area (Å²) in [4.78, 5) is 1.08. The van der Waals surface area contributed by atoms with Crippen molar-refractivity contribution in [1.29, 1.82) is 0 Å². The Morgan fingerprint density at radius 3 is 2.92 bits per heavy atom. The van der Waals surface area contributed by atoms with E-state index in [9.17, 15) is 0 Å². The molecule has 0 aliphatic heterocycles. The second-order valence-electron chi connectivity index (χ2n) is 2.49. The van der Waals surface area contributed by atoms with Gasteiger partial charge >= 0.3 is 0 Å². The summed E-state index contributed by atoms with van der Waals surface area (Å²) in [6, 6.07) is 1.85. The molecule has 1 heterocycles. The van der Waals surface area contributed by atoms with Gasteiger partial charge in [-0.05, 0) is 18.4 Å². The molecule has 1 rings (SSSR count). The first kappa shape index (κ1) is 9.51. The van der Waals surface area contributed by atoms with Crippen molar-refractivity contribution in [3.05, 3.63) is 16.3 Å². The first-order valence-electron chi connectivity index (χ1n) is 3.70. The van der Waals surface area contributed by atoms with Crippen molar-refractivity contribution in [2.24, 2.45) is 0 Å². The molecule has 0 saturated heterocycles. The summed E-state index contributed by atoms with van der Waals surface area (Å²) in [6.45, 7) is 1.84. The predicted molar refractivity (Wildman–Crippen MR) is 47.6 cm³/mol. The highest BCUT2D eigenvalue weighted by Crippen LogP contribution is 2.22. The van der Waals surface area contributed by atoms with Crippen LogP contribution in [0.15, 0.2) is 11.4 Å². The van der Waals surface area contributed by atoms with Crippen molar-refractivity contribution < 1.29 is 14.9 Å². The zero-order valence-corrected chi connectivity index (χ0v) is 7.67. The molecule has 0 fully saturated rings. The Hall–Kier alpha value is -0.580. The van der Waals surface area contributed by atoms with Gasteiger partial charge in [-0.3, -0.25) is 0 Å². The maximum Gasteiger partial charge on any atom is 0.133 e. The number of thiophene rings is 1. The summed E-state index contributed by atoms with van der Waals surface area (Å²) in [5, 5.41) is 19.4. The van der Waals surface area contributed by atoms with Gasteiger partial charge in [-0.25, -0.2) is 0 Å². The van der Waals surface area contributed by atoms with Crippen LogP contribution in [0, 0.1) is 6.92 Å². The maximum atomic E-state index is 8.98. The van der Waals surface area contributed by atoms with Crippen LogP contribution in [0.4, 0.5) is 0 Å². The fourth-order valence-corrected chi connectivity index (χ4v) is 1.40. The number of hydrogen-bond donors (Lipinski definition) is 2. The minimum absolute atomic E-state index is 0.147. The third-order valence-electron chi connectivity index (χ3n) is 1.45. The van der Waals surface area contributed by atoms with E-state index in [0.29, 0.717) is 0 Å². The van der Waals surface area contributed by atoms with E-state index >= 15 is 0 Å². The van der Waals surface area contributed by atoms with Gasteiger partial charge in [0.15, 0.2) is 0 Å². The molecule has 0 aliphatic rings. The van der Waals surface area contributed by atoms with Crippen LogP contribution in [0.3, 0.4) is 0 Å². The van der Waals surface area contributed by atoms with Crippen molar-refractivity contribution in [3.8, 4) is 5.75 Å². The number of aliphatic hydroxyl groups is 2. The van der Waals surface area contributed by atoms with Crippen LogP contribution in [-0.2, 0) is 0 Å². The van der Waals surface area contributed by atoms with E-state index in [4.69, 9.17) is 14.9 Å². The van der Waals surface area contributed by atoms with Gasteiger partial charge in [0.2, 0.25) is 0 Å². The highest BCUT2D eigenvalue weighted by molar-refractivity contribution is 7.10. The predicted octanol–water partition coefficient (Wildman–Crippen LogP) is 0.789. The zero-order chi connectivity index (χ0) is 8.97. The van der Waals surface area contributed by atoms with Gasteiger partial charge in [-0.1, -0.05) is 0 Å². The lowest BCUT2D eigenvalue weighted by molar-refractivity contribution is 0.0535. The van der Waals surface area contributed by atoms with E-state index < -0.39 is 6.10 Å². The maximum absolute atomic E-state index is 8.98.